The summed E-state index contributed by atoms with van der Waals surface area (Å²) in [5, 5.41) is 8.47. The molecule has 0 unspecified atom stereocenters. The lowest BCUT2D eigenvalue weighted by Crippen LogP contribution is -2.17. The van der Waals surface area contributed by atoms with E-state index in [-0.39, 0.29) is 12.2 Å². The van der Waals surface area contributed by atoms with E-state index in [0.717, 1.165) is 0 Å². The Balaban J connectivity index is 2.36. The van der Waals surface area contributed by atoms with E-state index in [1.165, 1.54) is 4.57 Å². The van der Waals surface area contributed by atoms with Gasteiger partial charge in [-0.3, -0.25) is 9.67 Å². The Labute approximate surface area is 82.8 Å². The fourth-order valence-corrected chi connectivity index (χ4v) is 1.22. The summed E-state index contributed by atoms with van der Waals surface area (Å²) in [4.78, 5) is 15.1. The highest BCUT2D eigenvalue weighted by atomic mass is 32.1. The molecule has 0 aliphatic carbocycles. The van der Waals surface area contributed by atoms with Crippen LogP contribution < -0.4 is 5.69 Å². The molecule has 0 aliphatic heterocycles. The number of H-pyrrole nitrogens is 2. The van der Waals surface area contributed by atoms with Crippen molar-refractivity contribution in [1.29, 1.82) is 0 Å². The van der Waals surface area contributed by atoms with Crippen LogP contribution >= 0.6 is 12.2 Å². The zero-order valence-electron chi connectivity index (χ0n) is 7.27. The van der Waals surface area contributed by atoms with Gasteiger partial charge in [0.25, 0.3) is 0 Å². The first-order valence-electron chi connectivity index (χ1n) is 3.83. The Hall–Kier alpha value is -1.70. The van der Waals surface area contributed by atoms with Crippen LogP contribution in [-0.2, 0) is 6.54 Å². The molecular weight excluding hydrogens is 206 g/mol. The third-order valence-electron chi connectivity index (χ3n) is 1.63. The normalized spacial score (nSPS) is 10.6. The SMILES string of the molecule is Cc1noc(Cn2c(=O)[nH][nH]c2=S)n1. The lowest BCUT2D eigenvalue weighted by molar-refractivity contribution is 0.366. The van der Waals surface area contributed by atoms with Crippen LogP contribution in [0.25, 0.3) is 0 Å². The topological polar surface area (TPSA) is 92.5 Å². The van der Waals surface area contributed by atoms with Crippen molar-refractivity contribution in [3.63, 3.8) is 0 Å². The summed E-state index contributed by atoms with van der Waals surface area (Å²) in [6, 6.07) is 0. The van der Waals surface area contributed by atoms with Gasteiger partial charge < -0.3 is 4.52 Å². The Morgan fingerprint density at radius 2 is 2.36 bits per heavy atom. The molecule has 74 valence electrons. The third kappa shape index (κ3) is 1.51. The number of aromatic nitrogens is 5. The van der Waals surface area contributed by atoms with Crippen molar-refractivity contribution < 1.29 is 4.52 Å². The summed E-state index contributed by atoms with van der Waals surface area (Å²) in [7, 11) is 0. The number of nitrogens with one attached hydrogen (secondary N) is 2. The average Bonchev–Trinajstić information content (AvgIpc) is 2.67. The molecule has 2 N–H and O–H groups in total. The van der Waals surface area contributed by atoms with E-state index in [9.17, 15) is 4.79 Å². The largest absolute Gasteiger partial charge is 0.342 e. The molecule has 0 saturated heterocycles. The summed E-state index contributed by atoms with van der Waals surface area (Å²) in [5.74, 6) is 0.877. The molecule has 2 aromatic heterocycles. The van der Waals surface area contributed by atoms with Crippen molar-refractivity contribution >= 4 is 12.2 Å². The lowest BCUT2D eigenvalue weighted by Gasteiger charge is -1.92. The highest BCUT2D eigenvalue weighted by molar-refractivity contribution is 7.71. The van der Waals surface area contributed by atoms with Gasteiger partial charge in [0.1, 0.15) is 6.54 Å². The fourth-order valence-electron chi connectivity index (χ4n) is 1.02. The van der Waals surface area contributed by atoms with Crippen LogP contribution in [0, 0.1) is 11.7 Å². The van der Waals surface area contributed by atoms with Crippen LogP contribution in [0.3, 0.4) is 0 Å². The van der Waals surface area contributed by atoms with Crippen LogP contribution in [0.5, 0.6) is 0 Å². The molecular formula is C6H7N5O2S. The Morgan fingerprint density at radius 3 is 2.86 bits per heavy atom. The molecule has 8 heteroatoms. The van der Waals surface area contributed by atoms with Crippen LogP contribution in [0.15, 0.2) is 9.32 Å². The van der Waals surface area contributed by atoms with E-state index < -0.39 is 0 Å². The first kappa shape index (κ1) is 8.88. The molecule has 2 rings (SSSR count). The molecule has 0 aromatic carbocycles. The fraction of sp³-hybridized carbons (Fsp3) is 0.333. The second-order valence-corrected chi connectivity index (χ2v) is 3.07. The molecule has 0 radical (unpaired) electrons. The highest BCUT2D eigenvalue weighted by Crippen LogP contribution is 1.97. The molecule has 0 amide bonds. The predicted octanol–water partition coefficient (Wildman–Crippen LogP) is -0.0263. The highest BCUT2D eigenvalue weighted by Gasteiger charge is 2.06. The van der Waals surface area contributed by atoms with Crippen molar-refractivity contribution in [1.82, 2.24) is 24.9 Å². The van der Waals surface area contributed by atoms with Crippen molar-refractivity contribution in [2.75, 3.05) is 0 Å². The van der Waals surface area contributed by atoms with Gasteiger partial charge in [-0.1, -0.05) is 5.16 Å². The van der Waals surface area contributed by atoms with E-state index >= 15 is 0 Å². The molecule has 14 heavy (non-hydrogen) atoms. The van der Waals surface area contributed by atoms with Gasteiger partial charge in [0.2, 0.25) is 5.89 Å². The van der Waals surface area contributed by atoms with E-state index in [0.29, 0.717) is 16.5 Å². The first-order chi connectivity index (χ1) is 6.66. The number of rotatable bonds is 2. The van der Waals surface area contributed by atoms with Gasteiger partial charge >= 0.3 is 5.69 Å². The smallest absolute Gasteiger partial charge is 0.337 e. The minimum absolute atomic E-state index is 0.179. The maximum absolute atomic E-state index is 11.2. The molecule has 0 bridgehead atoms. The quantitative estimate of drug-likeness (QED) is 0.683. The standard InChI is InChI=1S/C6H7N5O2S/c1-3-7-4(13-10-3)2-11-5(12)8-9-6(11)14/h2H2,1H3,(H,8,12)(H,9,14). The summed E-state index contributed by atoms with van der Waals surface area (Å²) in [6.45, 7) is 1.88. The summed E-state index contributed by atoms with van der Waals surface area (Å²) >= 11 is 4.87. The van der Waals surface area contributed by atoms with Crippen molar-refractivity contribution in [3.05, 3.63) is 27.0 Å². The van der Waals surface area contributed by atoms with Crippen LogP contribution in [0.1, 0.15) is 11.7 Å². The minimum Gasteiger partial charge on any atom is -0.337 e. The van der Waals surface area contributed by atoms with Gasteiger partial charge in [-0.2, -0.15) is 4.98 Å². The van der Waals surface area contributed by atoms with Crippen LogP contribution in [0.4, 0.5) is 0 Å². The molecule has 0 aliphatic rings. The number of hydrogen-bond acceptors (Lipinski definition) is 5. The van der Waals surface area contributed by atoms with E-state index in [2.05, 4.69) is 20.3 Å². The van der Waals surface area contributed by atoms with Gasteiger partial charge in [-0.05, 0) is 19.1 Å². The van der Waals surface area contributed by atoms with Crippen molar-refractivity contribution in [2.24, 2.45) is 0 Å². The number of aryl methyl sites for hydroxylation is 1. The predicted molar refractivity (Wildman–Crippen MR) is 48.4 cm³/mol. The molecule has 2 aromatic rings. The zero-order chi connectivity index (χ0) is 10.1. The van der Waals surface area contributed by atoms with E-state index in [4.69, 9.17) is 16.7 Å². The van der Waals surface area contributed by atoms with Gasteiger partial charge in [-0.15, -0.1) is 0 Å². The third-order valence-corrected chi connectivity index (χ3v) is 1.95. The van der Waals surface area contributed by atoms with E-state index in [1.807, 2.05) is 0 Å². The lowest BCUT2D eigenvalue weighted by atomic mass is 10.6. The Kier molecular flexibility index (Phi) is 2.04. The second kappa shape index (κ2) is 3.22. The van der Waals surface area contributed by atoms with Gasteiger partial charge in [0.15, 0.2) is 10.6 Å². The van der Waals surface area contributed by atoms with Gasteiger partial charge in [0, 0.05) is 0 Å². The monoisotopic (exact) mass is 213 g/mol. The first-order valence-corrected chi connectivity index (χ1v) is 4.24. The maximum Gasteiger partial charge on any atom is 0.342 e. The number of hydrogen-bond donors (Lipinski definition) is 2. The number of nitrogens with zero attached hydrogens (tertiary/aromatic N) is 3. The minimum atomic E-state index is -0.328. The molecule has 2 heterocycles. The van der Waals surface area contributed by atoms with Crippen LogP contribution in [-0.4, -0.2) is 24.9 Å². The molecule has 0 fully saturated rings. The van der Waals surface area contributed by atoms with E-state index in [1.54, 1.807) is 6.92 Å². The zero-order valence-corrected chi connectivity index (χ0v) is 8.09. The van der Waals surface area contributed by atoms with Gasteiger partial charge in [0.05, 0.1) is 0 Å². The summed E-state index contributed by atoms with van der Waals surface area (Å²) < 4.78 is 6.44. The molecule has 0 atom stereocenters. The molecule has 0 spiro atoms. The Morgan fingerprint density at radius 1 is 1.57 bits per heavy atom. The van der Waals surface area contributed by atoms with Crippen molar-refractivity contribution in [3.8, 4) is 0 Å². The van der Waals surface area contributed by atoms with Crippen molar-refractivity contribution in [2.45, 2.75) is 13.5 Å². The molecule has 0 saturated carbocycles. The second-order valence-electron chi connectivity index (χ2n) is 2.68. The molecule has 7 nitrogen and oxygen atoms in total. The maximum atomic E-state index is 11.2. The summed E-state index contributed by atoms with van der Waals surface area (Å²) in [5.41, 5.74) is -0.328. The average molecular weight is 213 g/mol. The number of aromatic amines is 2. The summed E-state index contributed by atoms with van der Waals surface area (Å²) in [6.07, 6.45) is 0. The van der Waals surface area contributed by atoms with Gasteiger partial charge in [-0.25, -0.2) is 9.89 Å². The Bertz CT molecular complexity index is 519. The van der Waals surface area contributed by atoms with Crippen LogP contribution in [0.2, 0.25) is 0 Å².